The van der Waals surface area contributed by atoms with Crippen LogP contribution in [-0.4, -0.2) is 70.9 Å². The van der Waals surface area contributed by atoms with Gasteiger partial charge in [-0.1, -0.05) is 18.2 Å². The molecule has 3 aliphatic rings. The maximum absolute atomic E-state index is 13.3. The molecule has 1 unspecified atom stereocenters. The fourth-order valence-corrected chi connectivity index (χ4v) is 4.27. The Labute approximate surface area is 166 Å². The molecule has 1 aliphatic carbocycles. The van der Waals surface area contributed by atoms with Gasteiger partial charge >= 0.3 is 0 Å². The first kappa shape index (κ1) is 17.9. The van der Waals surface area contributed by atoms with Crippen LogP contribution in [0, 0.1) is 0 Å². The lowest BCUT2D eigenvalue weighted by Gasteiger charge is -2.35. The van der Waals surface area contributed by atoms with E-state index in [1.165, 1.54) is 25.7 Å². The highest BCUT2D eigenvalue weighted by molar-refractivity contribution is 5.93. The van der Waals surface area contributed by atoms with Crippen molar-refractivity contribution in [2.75, 3.05) is 39.3 Å². The molecule has 0 radical (unpaired) electrons. The van der Waals surface area contributed by atoms with Crippen LogP contribution in [0.3, 0.4) is 0 Å². The molecular formula is C22H28N4O2. The second-order valence-electron chi connectivity index (χ2n) is 8.20. The molecule has 2 aliphatic heterocycles. The number of carbonyl (C=O) groups is 1. The number of carbonyl (C=O) groups excluding carboxylic acids is 1. The number of aromatic nitrogens is 2. The van der Waals surface area contributed by atoms with Gasteiger partial charge in [-0.3, -0.25) is 9.69 Å². The summed E-state index contributed by atoms with van der Waals surface area (Å²) in [6, 6.07) is 12.0. The van der Waals surface area contributed by atoms with Gasteiger partial charge in [0.2, 0.25) is 0 Å². The molecule has 6 nitrogen and oxygen atoms in total. The summed E-state index contributed by atoms with van der Waals surface area (Å²) >= 11 is 0. The number of rotatable bonds is 5. The van der Waals surface area contributed by atoms with Crippen molar-refractivity contribution in [3.8, 4) is 5.69 Å². The van der Waals surface area contributed by atoms with Crippen molar-refractivity contribution in [3.05, 3.63) is 47.8 Å². The van der Waals surface area contributed by atoms with Gasteiger partial charge in [0.25, 0.3) is 5.91 Å². The van der Waals surface area contributed by atoms with Crippen LogP contribution < -0.4 is 0 Å². The first-order valence-corrected chi connectivity index (χ1v) is 10.6. The summed E-state index contributed by atoms with van der Waals surface area (Å²) in [5.41, 5.74) is 2.71. The minimum atomic E-state index is 0.0972. The van der Waals surface area contributed by atoms with E-state index >= 15 is 0 Å². The minimum absolute atomic E-state index is 0.0972. The zero-order chi connectivity index (χ0) is 18.9. The molecule has 3 heterocycles. The molecule has 3 fully saturated rings. The highest BCUT2D eigenvalue weighted by atomic mass is 16.5. The summed E-state index contributed by atoms with van der Waals surface area (Å²) in [6.45, 7) is 5.27. The average Bonchev–Trinajstić information content (AvgIpc) is 3.28. The molecule has 2 saturated heterocycles. The molecule has 1 saturated carbocycles. The van der Waals surface area contributed by atoms with E-state index < -0.39 is 0 Å². The molecule has 6 heteroatoms. The number of hydrogen-bond acceptors (Lipinski definition) is 4. The molecule has 148 valence electrons. The van der Waals surface area contributed by atoms with Crippen LogP contribution in [0.15, 0.2) is 36.4 Å². The first-order chi connectivity index (χ1) is 13.8. The minimum Gasteiger partial charge on any atom is -0.377 e. The van der Waals surface area contributed by atoms with Crippen LogP contribution in [-0.2, 0) is 4.74 Å². The highest BCUT2D eigenvalue weighted by Crippen LogP contribution is 2.39. The summed E-state index contributed by atoms with van der Waals surface area (Å²) < 4.78 is 7.60. The average molecular weight is 380 g/mol. The number of piperazine rings is 1. The van der Waals surface area contributed by atoms with Crippen LogP contribution in [0.25, 0.3) is 5.69 Å². The van der Waals surface area contributed by atoms with Gasteiger partial charge in [0.05, 0.1) is 17.5 Å². The highest BCUT2D eigenvalue weighted by Gasteiger charge is 2.31. The van der Waals surface area contributed by atoms with Crippen molar-refractivity contribution in [1.29, 1.82) is 0 Å². The van der Waals surface area contributed by atoms with Gasteiger partial charge < -0.3 is 9.64 Å². The van der Waals surface area contributed by atoms with Gasteiger partial charge in [0, 0.05) is 45.2 Å². The Kier molecular flexibility index (Phi) is 4.91. The van der Waals surface area contributed by atoms with E-state index in [0.717, 1.165) is 50.7 Å². The summed E-state index contributed by atoms with van der Waals surface area (Å²) in [7, 11) is 0. The topological polar surface area (TPSA) is 50.6 Å². The number of benzene rings is 1. The lowest BCUT2D eigenvalue weighted by atomic mass is 10.2. The van der Waals surface area contributed by atoms with Gasteiger partial charge in [-0.05, 0) is 43.9 Å². The molecule has 28 heavy (non-hydrogen) atoms. The van der Waals surface area contributed by atoms with E-state index in [9.17, 15) is 4.79 Å². The van der Waals surface area contributed by atoms with Gasteiger partial charge in [-0.15, -0.1) is 0 Å². The Morgan fingerprint density at radius 1 is 1.07 bits per heavy atom. The molecule has 0 N–H and O–H groups in total. The predicted octanol–water partition coefficient (Wildman–Crippen LogP) is 2.69. The summed E-state index contributed by atoms with van der Waals surface area (Å²) in [5.74, 6) is 0.625. The number of amides is 1. The molecule has 1 aromatic heterocycles. The van der Waals surface area contributed by atoms with Crippen LogP contribution in [0.5, 0.6) is 0 Å². The Balaban J connectivity index is 1.30. The number of ether oxygens (including phenoxy) is 1. The van der Waals surface area contributed by atoms with Crippen molar-refractivity contribution < 1.29 is 9.53 Å². The van der Waals surface area contributed by atoms with E-state index in [1.807, 2.05) is 46.0 Å². The lowest BCUT2D eigenvalue weighted by Crippen LogP contribution is -2.50. The second kappa shape index (κ2) is 7.68. The summed E-state index contributed by atoms with van der Waals surface area (Å²) in [5, 5.41) is 4.78. The Bertz CT molecular complexity index is 816. The van der Waals surface area contributed by atoms with Crippen molar-refractivity contribution in [3.63, 3.8) is 0 Å². The van der Waals surface area contributed by atoms with E-state index in [-0.39, 0.29) is 5.91 Å². The third-order valence-electron chi connectivity index (χ3n) is 6.09. The summed E-state index contributed by atoms with van der Waals surface area (Å²) in [6.07, 6.45) is 5.08. The maximum atomic E-state index is 13.3. The fourth-order valence-electron chi connectivity index (χ4n) is 4.27. The molecule has 0 spiro atoms. The molecule has 2 aromatic rings. The Hall–Kier alpha value is -2.18. The van der Waals surface area contributed by atoms with E-state index in [1.54, 1.807) is 0 Å². The van der Waals surface area contributed by atoms with Gasteiger partial charge in [0.15, 0.2) is 0 Å². The third-order valence-corrected chi connectivity index (χ3v) is 6.09. The van der Waals surface area contributed by atoms with Gasteiger partial charge in [-0.2, -0.15) is 5.10 Å². The van der Waals surface area contributed by atoms with Crippen molar-refractivity contribution in [1.82, 2.24) is 19.6 Å². The van der Waals surface area contributed by atoms with Crippen molar-refractivity contribution >= 4 is 5.91 Å². The van der Waals surface area contributed by atoms with Crippen molar-refractivity contribution in [2.45, 2.75) is 37.7 Å². The molecule has 5 rings (SSSR count). The SMILES string of the molecule is O=C(c1cc(C2CC2)nn1-c1ccccc1)N1CCN(CC2CCCO2)CC1. The Morgan fingerprint density at radius 3 is 2.54 bits per heavy atom. The molecule has 1 atom stereocenters. The zero-order valence-electron chi connectivity index (χ0n) is 16.3. The van der Waals surface area contributed by atoms with Crippen LogP contribution >= 0.6 is 0 Å². The van der Waals surface area contributed by atoms with E-state index in [2.05, 4.69) is 4.90 Å². The molecule has 1 amide bonds. The number of hydrogen-bond donors (Lipinski definition) is 0. The fraction of sp³-hybridized carbons (Fsp3) is 0.545. The van der Waals surface area contributed by atoms with E-state index in [4.69, 9.17) is 9.84 Å². The van der Waals surface area contributed by atoms with E-state index in [0.29, 0.717) is 17.7 Å². The monoisotopic (exact) mass is 380 g/mol. The zero-order valence-corrected chi connectivity index (χ0v) is 16.3. The van der Waals surface area contributed by atoms with Crippen LogP contribution in [0.4, 0.5) is 0 Å². The van der Waals surface area contributed by atoms with Crippen LogP contribution in [0.2, 0.25) is 0 Å². The quantitative estimate of drug-likeness (QED) is 0.800. The maximum Gasteiger partial charge on any atom is 0.272 e. The Morgan fingerprint density at radius 2 is 1.86 bits per heavy atom. The third kappa shape index (κ3) is 3.71. The number of para-hydroxylation sites is 1. The largest absolute Gasteiger partial charge is 0.377 e. The van der Waals surface area contributed by atoms with Crippen LogP contribution in [0.1, 0.15) is 47.8 Å². The van der Waals surface area contributed by atoms with Gasteiger partial charge in [0.1, 0.15) is 5.69 Å². The smallest absolute Gasteiger partial charge is 0.272 e. The molecule has 0 bridgehead atoms. The lowest BCUT2D eigenvalue weighted by molar-refractivity contribution is 0.0428. The van der Waals surface area contributed by atoms with Crippen molar-refractivity contribution in [2.24, 2.45) is 0 Å². The predicted molar refractivity (Wildman–Crippen MR) is 107 cm³/mol. The molecule has 1 aromatic carbocycles. The molecular weight excluding hydrogens is 352 g/mol. The standard InChI is InChI=1S/C22H28N4O2/c27-22(25-12-10-24(11-13-25)16-19-7-4-14-28-19)21-15-20(17-8-9-17)23-26(21)18-5-2-1-3-6-18/h1-3,5-6,15,17,19H,4,7-14,16H2. The number of nitrogens with zero attached hydrogens (tertiary/aromatic N) is 4. The second-order valence-corrected chi connectivity index (χ2v) is 8.20. The van der Waals surface area contributed by atoms with Gasteiger partial charge in [-0.25, -0.2) is 4.68 Å². The normalized spacial score (nSPS) is 23.3. The first-order valence-electron chi connectivity index (χ1n) is 10.6. The summed E-state index contributed by atoms with van der Waals surface area (Å²) in [4.78, 5) is 17.7.